The number of carbonyl (C=O) groups is 4. The average Bonchev–Trinajstić information content (AvgIpc) is 1.56. The van der Waals surface area contributed by atoms with Crippen molar-refractivity contribution in [2.45, 2.75) is 259 Å². The van der Waals surface area contributed by atoms with Crippen LogP contribution in [0.2, 0.25) is 0 Å². The monoisotopic (exact) mass is 1480 g/mol. The number of aryl methyl sites for hydroxylation is 2. The van der Waals surface area contributed by atoms with E-state index in [1.165, 1.54) is 139 Å². The topological polar surface area (TPSA) is 271 Å². The van der Waals surface area contributed by atoms with Crippen molar-refractivity contribution in [2.75, 3.05) is 11.9 Å². The number of nitrogens with one attached hydrogen (secondary N) is 1. The minimum absolute atomic E-state index is 0.208. The number of ketones is 3. The van der Waals surface area contributed by atoms with Crippen molar-refractivity contribution in [3.8, 4) is 0 Å². The molecule has 18 nitrogen and oxygen atoms in total. The van der Waals surface area contributed by atoms with Gasteiger partial charge in [-0.05, 0) is 346 Å². The van der Waals surface area contributed by atoms with Crippen LogP contribution in [0.4, 0.5) is 0 Å². The van der Waals surface area contributed by atoms with Crippen molar-refractivity contribution in [1.82, 2.24) is 29.8 Å². The molecular weight excluding hydrogens is 1360 g/mol. The van der Waals surface area contributed by atoms with Crippen LogP contribution in [-0.4, -0.2) is 109 Å². The Morgan fingerprint density at radius 1 is 0.476 bits per heavy atom. The lowest BCUT2D eigenvalue weighted by Gasteiger charge is -2.57. The standard InChI is InChI=1S/2C27H40N2O2.C22H33BrO2.C6H8N2O2.2CO2/c2*1-4-16-13-28-29(14-16)15-23(30)25-22-11-21(22)24-20-6-5-17-12-26(2,31)9-7-18(17)19(20)8-10-27(24,25)3;1-21(25)7-5-13-12(10-21)3-4-15-14(13)6-8-22(2)19(15)16-9-17(16)20(22)18(24)11-23;1-2-10-6(9)5-3-7-8-4-5;2*2-1-3/h2*13-14,17-22,24-25,31H,4-12,15H2,1-3H3;12-17,19-20,25H,3-11H2,1-2H3;3-4H,2H2,1H3,(H,7,8);;/t2*17-,18+,19-,20-,21-,22+,24-,25-,26-,27+;12-,13+,14-,15-,16-,17+,19-,20-,21-,22+;;;/m111.../s1. The molecule has 30 atom stereocenters. The molecule has 15 saturated carbocycles. The first kappa shape index (κ1) is 76.4. The maximum atomic E-state index is 13.6. The average molecular weight is 1490 g/mol. The largest absolute Gasteiger partial charge is 0.462 e. The predicted octanol–water partition coefficient (Wildman–Crippen LogP) is 14.0. The summed E-state index contributed by atoms with van der Waals surface area (Å²) in [5.74, 6) is 18.5. The Labute approximate surface area is 619 Å². The number of aliphatic hydroxyl groups is 3. The normalized spacial score (nSPS) is 45.7. The SMILES string of the molecule is CCOC(=O)c1cn[nH]c1.CCc1cnn(CC(=O)[C@H]2[C@H]3C[C@H]3[C@H]3[C@@H]4CC[C@@H]5C[C@](C)(O)CC[C@@H]5[C@H]4CC[C@@]32C)c1.CCc1cnn(CC(=O)[C@H]2[C@H]3C[C@H]3[C@H]3[C@@H]4CC[C@@H]5C[C@](C)(O)CC[C@@H]5[C@H]4CC[C@@]32C)c1.C[C@@]1(O)CC[C@H]2[C@H](CC[C@@H]3[C@@H]2CC[C@@]2(C)[C@H]3[C@@H]3C[C@@H]3[C@@H]2C(=O)CBr)C1.O=C=O.O=C=O. The first-order valence-electron chi connectivity index (χ1n) is 40.6. The molecule has 0 bridgehead atoms. The number of hydrogen-bond acceptors (Lipinski definition) is 15. The van der Waals surface area contributed by atoms with Crippen LogP contribution in [0.3, 0.4) is 0 Å². The Kier molecular flexibility index (Phi) is 22.3. The Hall–Kier alpha value is -4.77. The summed E-state index contributed by atoms with van der Waals surface area (Å²) in [4.78, 5) is 83.2. The van der Waals surface area contributed by atoms with Gasteiger partial charge in [0, 0.05) is 36.3 Å². The molecule has 103 heavy (non-hydrogen) atoms. The van der Waals surface area contributed by atoms with Gasteiger partial charge in [-0.2, -0.15) is 34.5 Å². The van der Waals surface area contributed by atoms with Crippen LogP contribution < -0.4 is 0 Å². The van der Waals surface area contributed by atoms with Crippen molar-refractivity contribution < 1.29 is 58.4 Å². The summed E-state index contributed by atoms with van der Waals surface area (Å²) in [6.45, 7) is 21.0. The number of aromatic amines is 1. The zero-order valence-corrected chi connectivity index (χ0v) is 64.7. The van der Waals surface area contributed by atoms with Crippen LogP contribution in [-0.2, 0) is 64.2 Å². The predicted molar refractivity (Wildman–Crippen MR) is 387 cm³/mol. The zero-order chi connectivity index (χ0) is 73.5. The van der Waals surface area contributed by atoms with Gasteiger partial charge >= 0.3 is 18.3 Å². The molecule has 19 heteroatoms. The van der Waals surface area contributed by atoms with E-state index in [-0.39, 0.29) is 46.4 Å². The number of rotatable bonds is 12. The number of H-pyrrole nitrogens is 1. The number of fused-ring (bicyclic) bond motifs is 21. The van der Waals surface area contributed by atoms with Gasteiger partial charge in [-0.25, -0.2) is 4.79 Å². The summed E-state index contributed by atoms with van der Waals surface area (Å²) < 4.78 is 8.47. The minimum atomic E-state index is -0.437. The molecule has 0 aliphatic heterocycles. The van der Waals surface area contributed by atoms with Crippen LogP contribution in [0.15, 0.2) is 37.2 Å². The van der Waals surface area contributed by atoms with Gasteiger partial charge in [0.05, 0.1) is 66.0 Å². The smallest absolute Gasteiger partial charge is 0.373 e. The van der Waals surface area contributed by atoms with E-state index in [0.29, 0.717) is 71.6 Å². The first-order valence-corrected chi connectivity index (χ1v) is 41.7. The Morgan fingerprint density at radius 3 is 1.12 bits per heavy atom. The number of aromatic nitrogens is 6. The molecule has 0 unspecified atom stereocenters. The van der Waals surface area contributed by atoms with Gasteiger partial charge in [-0.1, -0.05) is 50.5 Å². The third-order valence-corrected chi connectivity index (χ3v) is 32.6. The van der Waals surface area contributed by atoms with Gasteiger partial charge in [0.2, 0.25) is 0 Å². The lowest BCUT2D eigenvalue weighted by molar-refractivity contribution is -0.193. The Morgan fingerprint density at radius 2 is 0.816 bits per heavy atom. The molecule has 0 saturated heterocycles. The van der Waals surface area contributed by atoms with Crippen LogP contribution >= 0.6 is 15.9 Å². The van der Waals surface area contributed by atoms with E-state index in [0.717, 1.165) is 158 Å². The fraction of sp³-hybridized carbons (Fsp3) is 0.821. The van der Waals surface area contributed by atoms with Crippen molar-refractivity contribution in [3.63, 3.8) is 0 Å². The first-order chi connectivity index (χ1) is 49.1. The molecule has 15 aliphatic rings. The van der Waals surface area contributed by atoms with Crippen molar-refractivity contribution in [2.24, 2.45) is 158 Å². The number of carbonyl (C=O) groups excluding carboxylic acids is 8. The highest BCUT2D eigenvalue weighted by molar-refractivity contribution is 9.09. The number of nitrogens with zero attached hydrogens (tertiary/aromatic N) is 5. The van der Waals surface area contributed by atoms with Crippen molar-refractivity contribution >= 4 is 51.6 Å². The molecule has 3 heterocycles. The molecule has 0 radical (unpaired) electrons. The van der Waals surface area contributed by atoms with Gasteiger partial charge in [-0.3, -0.25) is 28.8 Å². The second-order valence-electron chi connectivity index (χ2n) is 37.7. The van der Waals surface area contributed by atoms with E-state index in [4.69, 9.17) is 19.2 Å². The van der Waals surface area contributed by atoms with Crippen molar-refractivity contribution in [1.29, 1.82) is 0 Å². The van der Waals surface area contributed by atoms with E-state index < -0.39 is 16.8 Å². The highest BCUT2D eigenvalue weighted by Gasteiger charge is 2.74. The molecular formula is C84H121BrN6O12. The lowest BCUT2D eigenvalue weighted by Crippen LogP contribution is -2.52. The molecule has 15 fully saturated rings. The van der Waals surface area contributed by atoms with E-state index in [2.05, 4.69) is 109 Å². The number of ether oxygens (including phenoxy) is 1. The third kappa shape index (κ3) is 14.7. The molecule has 0 spiro atoms. The Balaban J connectivity index is 0.000000125. The fourth-order valence-electron chi connectivity index (χ4n) is 28.5. The van der Waals surface area contributed by atoms with Crippen LogP contribution in [0.25, 0.3) is 0 Å². The number of alkyl halides is 1. The highest BCUT2D eigenvalue weighted by atomic mass is 79.9. The maximum absolute atomic E-state index is 13.6. The molecule has 0 aromatic carbocycles. The van der Waals surface area contributed by atoms with Crippen LogP contribution in [0.1, 0.15) is 238 Å². The molecule has 3 aromatic heterocycles. The molecule has 3 aromatic rings. The van der Waals surface area contributed by atoms with Crippen molar-refractivity contribution in [3.05, 3.63) is 53.9 Å². The summed E-state index contributed by atoms with van der Waals surface area (Å²) in [7, 11) is 0. The van der Waals surface area contributed by atoms with Crippen LogP contribution in [0, 0.1) is 158 Å². The number of hydrogen-bond donors (Lipinski definition) is 4. The molecule has 15 aliphatic carbocycles. The van der Waals surface area contributed by atoms with Gasteiger partial charge < -0.3 is 20.1 Å². The zero-order valence-electron chi connectivity index (χ0n) is 63.2. The molecule has 4 N–H and O–H groups in total. The van der Waals surface area contributed by atoms with E-state index >= 15 is 0 Å². The van der Waals surface area contributed by atoms with Gasteiger partial charge in [0.15, 0.2) is 11.6 Å². The molecule has 566 valence electrons. The van der Waals surface area contributed by atoms with E-state index in [9.17, 15) is 34.5 Å². The second-order valence-corrected chi connectivity index (χ2v) is 38.3. The molecule has 0 amide bonds. The second kappa shape index (κ2) is 30.0. The summed E-state index contributed by atoms with van der Waals surface area (Å²) in [6, 6.07) is 0. The highest BCUT2D eigenvalue weighted by Crippen LogP contribution is 2.78. The maximum Gasteiger partial charge on any atom is 0.373 e. The number of halogens is 1. The third-order valence-electron chi connectivity index (χ3n) is 32.1. The quantitative estimate of drug-likeness (QED) is 0.0969. The lowest BCUT2D eigenvalue weighted by atomic mass is 9.48. The van der Waals surface area contributed by atoms with E-state index in [1.807, 2.05) is 21.8 Å². The summed E-state index contributed by atoms with van der Waals surface area (Å²) in [5, 5.41) is 47.4. The van der Waals surface area contributed by atoms with Gasteiger partial charge in [0.25, 0.3) is 0 Å². The molecule has 18 rings (SSSR count). The summed E-state index contributed by atoms with van der Waals surface area (Å²) >= 11 is 3.46. The van der Waals surface area contributed by atoms with E-state index in [1.54, 1.807) is 6.92 Å². The number of Topliss-reactive ketones (excluding diaryl/α,β-unsaturated/α-hetero) is 3. The number of esters is 1. The van der Waals surface area contributed by atoms with Gasteiger partial charge in [0.1, 0.15) is 5.78 Å². The Bertz CT molecular complexity index is 3430. The minimum Gasteiger partial charge on any atom is -0.462 e. The summed E-state index contributed by atoms with van der Waals surface area (Å²) in [5.41, 5.74) is 2.31. The van der Waals surface area contributed by atoms with Gasteiger partial charge in [-0.15, -0.1) is 0 Å². The van der Waals surface area contributed by atoms with Crippen LogP contribution in [0.5, 0.6) is 0 Å². The summed E-state index contributed by atoms with van der Waals surface area (Å²) in [6.07, 6.45) is 42.6. The fourth-order valence-corrected chi connectivity index (χ4v) is 28.8.